The molecule has 0 unspecified atom stereocenters. The van der Waals surface area contributed by atoms with Gasteiger partial charge >= 0.3 is 6.03 Å². The molecule has 0 saturated carbocycles. The van der Waals surface area contributed by atoms with E-state index in [0.717, 1.165) is 11.3 Å². The van der Waals surface area contributed by atoms with Crippen LogP contribution < -0.4 is 15.5 Å². The number of nitrogens with zero attached hydrogens (tertiary/aromatic N) is 2. The van der Waals surface area contributed by atoms with Gasteiger partial charge in [-0.25, -0.2) is 19.7 Å². The van der Waals surface area contributed by atoms with Gasteiger partial charge in [0.15, 0.2) is 5.84 Å². The lowest BCUT2D eigenvalue weighted by molar-refractivity contribution is -0.118. The zero-order valence-corrected chi connectivity index (χ0v) is 19.8. The number of Topliss-reactive ketones (excluding diaryl/α,β-unsaturated/α-hetero) is 1. The van der Waals surface area contributed by atoms with Crippen molar-refractivity contribution in [1.82, 2.24) is 15.7 Å². The molecule has 3 rings (SSSR count). The van der Waals surface area contributed by atoms with Crippen LogP contribution in [0.1, 0.15) is 18.4 Å². The average molecular weight is 521 g/mol. The second kappa shape index (κ2) is 11.8. The Bertz CT molecular complexity index is 1010. The van der Waals surface area contributed by atoms with E-state index in [2.05, 4.69) is 26.2 Å². The van der Waals surface area contributed by atoms with Crippen LogP contribution in [-0.2, 0) is 11.2 Å². The second-order valence-corrected chi connectivity index (χ2v) is 8.48. The molecule has 3 N–H and O–H groups in total. The summed E-state index contributed by atoms with van der Waals surface area (Å²) in [5, 5.41) is 12.3. The van der Waals surface area contributed by atoms with Crippen molar-refractivity contribution < 1.29 is 23.9 Å². The van der Waals surface area contributed by atoms with E-state index in [-0.39, 0.29) is 28.0 Å². The number of nitrogens with one attached hydrogen (secondary N) is 2. The molecule has 2 amide bonds. The van der Waals surface area contributed by atoms with Crippen molar-refractivity contribution in [3.05, 3.63) is 58.3 Å². The summed E-state index contributed by atoms with van der Waals surface area (Å²) < 4.78 is 18.7. The van der Waals surface area contributed by atoms with Gasteiger partial charge in [0, 0.05) is 25.6 Å². The zero-order valence-electron chi connectivity index (χ0n) is 18.2. The van der Waals surface area contributed by atoms with Gasteiger partial charge in [0.25, 0.3) is 0 Å². The van der Waals surface area contributed by atoms with Gasteiger partial charge in [0.05, 0.1) is 17.3 Å². The number of hydroxylamine groups is 1. The molecule has 1 aliphatic heterocycles. The van der Waals surface area contributed by atoms with Crippen LogP contribution >= 0.6 is 15.9 Å². The predicted molar refractivity (Wildman–Crippen MR) is 126 cm³/mol. The van der Waals surface area contributed by atoms with Gasteiger partial charge in [-0.1, -0.05) is 12.1 Å². The monoisotopic (exact) mass is 520 g/mol. The van der Waals surface area contributed by atoms with E-state index < -0.39 is 5.82 Å². The van der Waals surface area contributed by atoms with Gasteiger partial charge in [0.1, 0.15) is 11.6 Å². The van der Waals surface area contributed by atoms with Crippen LogP contribution in [0.15, 0.2) is 51.9 Å². The fourth-order valence-corrected chi connectivity index (χ4v) is 3.94. The summed E-state index contributed by atoms with van der Waals surface area (Å²) in [5.74, 6) is -0.604. The van der Waals surface area contributed by atoms with Gasteiger partial charge < -0.3 is 15.0 Å². The number of amidine groups is 1. The average Bonchev–Trinajstić information content (AvgIpc) is 2.84. The third-order valence-corrected chi connectivity index (χ3v) is 6.09. The molecule has 0 aromatic heterocycles. The number of amides is 2. The predicted octanol–water partition coefficient (Wildman–Crippen LogP) is 3.84. The van der Waals surface area contributed by atoms with Gasteiger partial charge in [-0.15, -0.1) is 0 Å². The summed E-state index contributed by atoms with van der Waals surface area (Å²) in [6.45, 7) is 1.35. The Kier molecular flexibility index (Phi) is 8.79. The zero-order chi connectivity index (χ0) is 23.8. The molecular weight excluding hydrogens is 495 g/mol. The Hall–Kier alpha value is -2.98. The third kappa shape index (κ3) is 6.75. The lowest BCUT2D eigenvalue weighted by Gasteiger charge is -2.31. The summed E-state index contributed by atoms with van der Waals surface area (Å²) >= 11 is 3.07. The van der Waals surface area contributed by atoms with Gasteiger partial charge in [-0.2, -0.15) is 0 Å². The summed E-state index contributed by atoms with van der Waals surface area (Å²) in [4.78, 5) is 31.0. The highest BCUT2D eigenvalue weighted by molar-refractivity contribution is 9.10. The first-order valence-electron chi connectivity index (χ1n) is 10.5. The van der Waals surface area contributed by atoms with Crippen LogP contribution in [0, 0.1) is 11.7 Å². The van der Waals surface area contributed by atoms with E-state index in [9.17, 15) is 19.2 Å². The number of ether oxygens (including phenoxy) is 1. The largest absolute Gasteiger partial charge is 0.497 e. The molecule has 10 heteroatoms. The van der Waals surface area contributed by atoms with Crippen molar-refractivity contribution >= 4 is 39.3 Å². The van der Waals surface area contributed by atoms with Gasteiger partial charge in [0.2, 0.25) is 5.78 Å². The quantitative estimate of drug-likeness (QED) is 0.292. The summed E-state index contributed by atoms with van der Waals surface area (Å²) in [6.07, 6.45) is 1.61. The Morgan fingerprint density at radius 1 is 1.21 bits per heavy atom. The van der Waals surface area contributed by atoms with E-state index in [1.807, 2.05) is 29.7 Å². The SMILES string of the molecule is COc1ccc(CCNC(=O)N2CCC(C(=O)C(=Nc3ccc(F)c(Br)c3)NO)CC2)cc1. The molecule has 2 aromatic carbocycles. The molecular formula is C23H26BrFN4O4. The topological polar surface area (TPSA) is 103 Å². The highest BCUT2D eigenvalue weighted by Gasteiger charge is 2.30. The van der Waals surface area contributed by atoms with Crippen LogP contribution in [0.4, 0.5) is 14.9 Å². The number of ketones is 1. The van der Waals surface area contributed by atoms with Crippen molar-refractivity contribution in [2.45, 2.75) is 19.3 Å². The fraction of sp³-hybridized carbons (Fsp3) is 0.348. The highest BCUT2D eigenvalue weighted by Crippen LogP contribution is 2.24. The molecule has 1 saturated heterocycles. The number of carbonyl (C=O) groups excluding carboxylic acids is 2. The van der Waals surface area contributed by atoms with E-state index in [1.54, 1.807) is 12.0 Å². The van der Waals surface area contributed by atoms with Crippen molar-refractivity contribution in [2.24, 2.45) is 10.9 Å². The summed E-state index contributed by atoms with van der Waals surface area (Å²) in [7, 11) is 1.62. The first kappa shape index (κ1) is 24.7. The normalized spacial score (nSPS) is 14.7. The number of halogens is 2. The number of methoxy groups -OCH3 is 1. The Morgan fingerprint density at radius 2 is 1.91 bits per heavy atom. The number of aliphatic imine (C=N–C) groups is 1. The molecule has 176 valence electrons. The van der Waals surface area contributed by atoms with Crippen LogP contribution in [-0.4, -0.2) is 54.5 Å². The molecule has 8 nitrogen and oxygen atoms in total. The molecule has 1 aliphatic rings. The number of rotatable bonds is 7. The number of urea groups is 1. The molecule has 0 atom stereocenters. The van der Waals surface area contributed by atoms with Crippen LogP contribution in [0.2, 0.25) is 0 Å². The second-order valence-electron chi connectivity index (χ2n) is 7.63. The highest BCUT2D eigenvalue weighted by atomic mass is 79.9. The summed E-state index contributed by atoms with van der Waals surface area (Å²) in [5.41, 5.74) is 3.27. The molecule has 1 fully saturated rings. The van der Waals surface area contributed by atoms with E-state index in [4.69, 9.17) is 4.74 Å². The van der Waals surface area contributed by atoms with Crippen molar-refractivity contribution in [2.75, 3.05) is 26.7 Å². The smallest absolute Gasteiger partial charge is 0.317 e. The number of benzene rings is 2. The maximum atomic E-state index is 13.4. The number of carbonyl (C=O) groups is 2. The van der Waals surface area contributed by atoms with Crippen molar-refractivity contribution in [3.8, 4) is 5.75 Å². The number of hydrogen-bond acceptors (Lipinski definition) is 5. The van der Waals surface area contributed by atoms with Crippen molar-refractivity contribution in [3.63, 3.8) is 0 Å². The minimum absolute atomic E-state index is 0.167. The Labute approximate surface area is 199 Å². The molecule has 0 aliphatic carbocycles. The van der Waals surface area contributed by atoms with E-state index in [1.165, 1.54) is 18.2 Å². The summed E-state index contributed by atoms with van der Waals surface area (Å²) in [6, 6.07) is 11.6. The molecule has 2 aromatic rings. The maximum absolute atomic E-state index is 13.4. The minimum atomic E-state index is -0.451. The standard InChI is InChI=1S/C23H26BrFN4O4/c1-33-18-5-2-15(3-6-18)8-11-26-23(31)29-12-9-16(10-13-29)21(30)22(28-32)27-17-4-7-20(25)19(24)14-17/h2-7,14,16,32H,8-13H2,1H3,(H,26,31)(H,27,28). The molecule has 1 heterocycles. The van der Waals surface area contributed by atoms with Crippen LogP contribution in [0.5, 0.6) is 5.75 Å². The first-order valence-corrected chi connectivity index (χ1v) is 11.3. The number of piperidine rings is 1. The molecule has 33 heavy (non-hydrogen) atoms. The Balaban J connectivity index is 1.48. The lowest BCUT2D eigenvalue weighted by atomic mass is 9.92. The van der Waals surface area contributed by atoms with Crippen molar-refractivity contribution in [1.29, 1.82) is 0 Å². The lowest BCUT2D eigenvalue weighted by Crippen LogP contribution is -2.47. The molecule has 0 spiro atoms. The maximum Gasteiger partial charge on any atom is 0.317 e. The fourth-order valence-electron chi connectivity index (χ4n) is 3.57. The first-order chi connectivity index (χ1) is 15.9. The molecule has 0 bridgehead atoms. The van der Waals surface area contributed by atoms with Crippen LogP contribution in [0.3, 0.4) is 0 Å². The molecule has 0 radical (unpaired) electrons. The Morgan fingerprint density at radius 3 is 2.52 bits per heavy atom. The van der Waals surface area contributed by atoms with E-state index in [0.29, 0.717) is 44.6 Å². The third-order valence-electron chi connectivity index (χ3n) is 5.49. The van der Waals surface area contributed by atoms with Gasteiger partial charge in [-0.05, 0) is 71.1 Å². The number of hydrogen-bond donors (Lipinski definition) is 3. The van der Waals surface area contributed by atoms with Gasteiger partial charge in [-0.3, -0.25) is 10.0 Å². The number of likely N-dealkylation sites (tertiary alicyclic amines) is 1. The minimum Gasteiger partial charge on any atom is -0.497 e. The van der Waals surface area contributed by atoms with E-state index >= 15 is 0 Å². The van der Waals surface area contributed by atoms with Crippen LogP contribution in [0.25, 0.3) is 0 Å².